The van der Waals surface area contributed by atoms with Crippen LogP contribution >= 0.6 is 11.6 Å². The van der Waals surface area contributed by atoms with Gasteiger partial charge in [0, 0.05) is 32.7 Å². The van der Waals surface area contributed by atoms with Gasteiger partial charge in [-0.15, -0.1) is 0 Å². The largest absolute Gasteiger partial charge is 0.366 e. The van der Waals surface area contributed by atoms with Crippen molar-refractivity contribution in [2.24, 2.45) is 4.99 Å². The van der Waals surface area contributed by atoms with Crippen LogP contribution in [0, 0.1) is 5.82 Å². The van der Waals surface area contributed by atoms with Gasteiger partial charge in [0.25, 0.3) is 0 Å². The van der Waals surface area contributed by atoms with E-state index < -0.39 is 11.2 Å². The second-order valence-electron chi connectivity index (χ2n) is 7.47. The molecular weight excluding hydrogens is 389 g/mol. The minimum Gasteiger partial charge on any atom is -0.366 e. The lowest BCUT2D eigenvalue weighted by atomic mass is 9.74. The third-order valence-corrected chi connectivity index (χ3v) is 5.53. The van der Waals surface area contributed by atoms with E-state index in [2.05, 4.69) is 4.99 Å². The zero-order valence-electron chi connectivity index (χ0n) is 18.0. The van der Waals surface area contributed by atoms with Crippen molar-refractivity contribution >= 4 is 29.5 Å². The predicted octanol–water partition coefficient (Wildman–Crippen LogP) is 5.05. The molecule has 0 heterocycles. The van der Waals surface area contributed by atoms with Crippen molar-refractivity contribution in [3.63, 3.8) is 0 Å². The van der Waals surface area contributed by atoms with Crippen LogP contribution in [0.25, 0.3) is 0 Å². The monoisotopic (exact) mass is 417 g/mol. The van der Waals surface area contributed by atoms with Gasteiger partial charge in [-0.25, -0.2) is 9.38 Å². The van der Waals surface area contributed by atoms with Crippen molar-refractivity contribution in [1.82, 2.24) is 9.80 Å². The van der Waals surface area contributed by atoms with Crippen LogP contribution < -0.4 is 0 Å². The van der Waals surface area contributed by atoms with Gasteiger partial charge in [0.2, 0.25) is 5.91 Å². The Morgan fingerprint density at radius 1 is 1.21 bits per heavy atom. The van der Waals surface area contributed by atoms with Crippen LogP contribution in [-0.4, -0.2) is 49.7 Å². The van der Waals surface area contributed by atoms with Gasteiger partial charge >= 0.3 is 0 Å². The zero-order valence-corrected chi connectivity index (χ0v) is 18.7. The highest BCUT2D eigenvalue weighted by molar-refractivity contribution is 6.32. The van der Waals surface area contributed by atoms with Crippen molar-refractivity contribution in [2.75, 3.05) is 27.7 Å². The van der Waals surface area contributed by atoms with Gasteiger partial charge in [-0.2, -0.15) is 0 Å². The average molecular weight is 418 g/mol. The number of aliphatic imine (C=N–C) groups is 1. The topological polar surface area (TPSA) is 35.9 Å². The summed E-state index contributed by atoms with van der Waals surface area (Å²) < 4.78 is 14.0. The number of likely N-dealkylation sites (N-methyl/N-ethyl adjacent to an activating group) is 1. The summed E-state index contributed by atoms with van der Waals surface area (Å²) in [6.07, 6.45) is 2.49. The number of hydrogen-bond acceptors (Lipinski definition) is 2. The molecule has 0 radical (unpaired) electrons. The zero-order chi connectivity index (χ0) is 21.8. The molecule has 2 rings (SSSR count). The van der Waals surface area contributed by atoms with Crippen LogP contribution in [0.2, 0.25) is 5.02 Å². The predicted molar refractivity (Wildman–Crippen MR) is 119 cm³/mol. The average Bonchev–Trinajstić information content (AvgIpc) is 2.70. The lowest BCUT2D eigenvalue weighted by molar-refractivity contribution is -0.132. The summed E-state index contributed by atoms with van der Waals surface area (Å²) >= 11 is 6.68. The van der Waals surface area contributed by atoms with E-state index in [1.54, 1.807) is 45.6 Å². The molecule has 0 bridgehead atoms. The fraction of sp³-hybridized carbons (Fsp3) is 0.391. The Labute approximate surface area is 178 Å². The van der Waals surface area contributed by atoms with E-state index in [1.807, 2.05) is 31.9 Å². The summed E-state index contributed by atoms with van der Waals surface area (Å²) in [7, 11) is 5.32. The number of benzene rings is 2. The highest BCUT2D eigenvalue weighted by Gasteiger charge is 2.40. The van der Waals surface area contributed by atoms with Gasteiger partial charge in [-0.3, -0.25) is 4.79 Å². The highest BCUT2D eigenvalue weighted by Crippen LogP contribution is 2.41. The molecule has 2 aromatic rings. The Kier molecular flexibility index (Phi) is 7.42. The van der Waals surface area contributed by atoms with Crippen LogP contribution in [0.3, 0.4) is 0 Å². The lowest BCUT2D eigenvalue weighted by Crippen LogP contribution is -2.42. The molecule has 0 aromatic heterocycles. The van der Waals surface area contributed by atoms with E-state index in [0.29, 0.717) is 16.1 Å². The Morgan fingerprint density at radius 2 is 1.90 bits per heavy atom. The number of nitrogens with zero attached hydrogens (tertiary/aromatic N) is 3. The molecule has 1 amide bonds. The molecule has 156 valence electrons. The molecule has 29 heavy (non-hydrogen) atoms. The van der Waals surface area contributed by atoms with E-state index in [1.165, 1.54) is 17.0 Å². The molecule has 0 aliphatic carbocycles. The third kappa shape index (κ3) is 4.78. The summed E-state index contributed by atoms with van der Waals surface area (Å²) in [6, 6.07) is 9.84. The summed E-state index contributed by atoms with van der Waals surface area (Å²) in [4.78, 5) is 21.3. The number of halogens is 2. The van der Waals surface area contributed by atoms with Crippen LogP contribution in [0.1, 0.15) is 37.5 Å². The molecule has 1 unspecified atom stereocenters. The molecule has 0 fully saturated rings. The van der Waals surface area contributed by atoms with E-state index in [9.17, 15) is 9.18 Å². The third-order valence-electron chi connectivity index (χ3n) is 5.22. The fourth-order valence-corrected chi connectivity index (χ4v) is 3.62. The first kappa shape index (κ1) is 22.9. The fourth-order valence-electron chi connectivity index (χ4n) is 3.28. The normalized spacial score (nSPS) is 13.4. The maximum Gasteiger partial charge on any atom is 0.236 e. The summed E-state index contributed by atoms with van der Waals surface area (Å²) in [5.41, 5.74) is 1.81. The van der Waals surface area contributed by atoms with Crippen molar-refractivity contribution < 1.29 is 9.18 Å². The van der Waals surface area contributed by atoms with Crippen molar-refractivity contribution in [3.05, 3.63) is 63.9 Å². The molecule has 6 heteroatoms. The number of carbonyl (C=O) groups is 1. The standard InChI is InChI=1S/C23H29ClFN3O/c1-7-16-12-19(20(24)14-21(16)26-15-28(6)8-2)23(3,22(29)27(4)5)17-10-9-11-18(25)13-17/h9-15H,7-8H2,1-6H3. The van der Waals surface area contributed by atoms with Gasteiger partial charge < -0.3 is 9.80 Å². The Bertz CT molecular complexity index is 913. The molecule has 0 spiro atoms. The first-order valence-electron chi connectivity index (χ1n) is 9.70. The van der Waals surface area contributed by atoms with Crippen molar-refractivity contribution in [2.45, 2.75) is 32.6 Å². The number of amides is 1. The molecule has 0 saturated carbocycles. The minimum absolute atomic E-state index is 0.172. The second-order valence-corrected chi connectivity index (χ2v) is 7.87. The van der Waals surface area contributed by atoms with Crippen LogP contribution in [0.4, 0.5) is 10.1 Å². The molecule has 0 N–H and O–H groups in total. The van der Waals surface area contributed by atoms with Gasteiger partial charge in [-0.05, 0) is 55.2 Å². The van der Waals surface area contributed by atoms with Gasteiger partial charge in [0.1, 0.15) is 5.82 Å². The van der Waals surface area contributed by atoms with E-state index in [-0.39, 0.29) is 5.91 Å². The van der Waals surface area contributed by atoms with E-state index in [0.717, 1.165) is 24.2 Å². The van der Waals surface area contributed by atoms with Gasteiger partial charge in [0.05, 0.1) is 17.4 Å². The molecule has 0 aliphatic rings. The van der Waals surface area contributed by atoms with Crippen LogP contribution in [0.15, 0.2) is 41.4 Å². The molecule has 2 aromatic carbocycles. The van der Waals surface area contributed by atoms with E-state index >= 15 is 0 Å². The smallest absolute Gasteiger partial charge is 0.236 e. The van der Waals surface area contributed by atoms with Gasteiger partial charge in [-0.1, -0.05) is 36.7 Å². The molecule has 0 saturated heterocycles. The number of hydrogen-bond donors (Lipinski definition) is 0. The number of rotatable bonds is 7. The van der Waals surface area contributed by atoms with Crippen LogP contribution in [-0.2, 0) is 16.6 Å². The summed E-state index contributed by atoms with van der Waals surface area (Å²) in [6.45, 7) is 6.70. The lowest BCUT2D eigenvalue weighted by Gasteiger charge is -2.33. The second kappa shape index (κ2) is 9.40. The summed E-state index contributed by atoms with van der Waals surface area (Å²) in [5.74, 6) is -0.565. The van der Waals surface area contributed by atoms with E-state index in [4.69, 9.17) is 11.6 Å². The molecule has 0 aliphatic heterocycles. The quantitative estimate of drug-likeness (QED) is 0.467. The first-order valence-corrected chi connectivity index (χ1v) is 10.1. The van der Waals surface area contributed by atoms with Crippen LogP contribution in [0.5, 0.6) is 0 Å². The number of carbonyl (C=O) groups excluding carboxylic acids is 1. The first-order chi connectivity index (χ1) is 13.6. The SMILES string of the molecule is CCc1cc(C(C)(C(=O)N(C)C)c2cccc(F)c2)c(Cl)cc1N=CN(C)CC. The molecule has 1 atom stereocenters. The maximum absolute atomic E-state index is 14.0. The van der Waals surface area contributed by atoms with Crippen molar-refractivity contribution in [1.29, 1.82) is 0 Å². The Hall–Kier alpha value is -2.40. The number of aryl methyl sites for hydroxylation is 1. The Balaban J connectivity index is 2.71. The van der Waals surface area contributed by atoms with Gasteiger partial charge in [0.15, 0.2) is 0 Å². The van der Waals surface area contributed by atoms with Crippen molar-refractivity contribution in [3.8, 4) is 0 Å². The minimum atomic E-state index is -1.13. The maximum atomic E-state index is 14.0. The summed E-state index contributed by atoms with van der Waals surface area (Å²) in [5, 5.41) is 0.426. The Morgan fingerprint density at radius 3 is 2.45 bits per heavy atom. The highest BCUT2D eigenvalue weighted by atomic mass is 35.5. The molecule has 4 nitrogen and oxygen atoms in total. The molecular formula is C23H29ClFN3O.